The summed E-state index contributed by atoms with van der Waals surface area (Å²) in [6.45, 7) is 4.06. The van der Waals surface area contributed by atoms with Crippen molar-refractivity contribution < 1.29 is 14.3 Å². The van der Waals surface area contributed by atoms with Crippen molar-refractivity contribution >= 4 is 34.8 Å². The van der Waals surface area contributed by atoms with Gasteiger partial charge >= 0.3 is 0 Å². The molecule has 4 rings (SSSR count). The van der Waals surface area contributed by atoms with Gasteiger partial charge in [0.1, 0.15) is 5.75 Å². The van der Waals surface area contributed by atoms with Crippen LogP contribution >= 0.6 is 11.8 Å². The Balaban J connectivity index is 1.44. The molecule has 0 bridgehead atoms. The van der Waals surface area contributed by atoms with Crippen LogP contribution in [-0.2, 0) is 4.79 Å². The lowest BCUT2D eigenvalue weighted by Crippen LogP contribution is -2.14. The number of anilines is 1. The Bertz CT molecular complexity index is 1250. The van der Waals surface area contributed by atoms with Crippen molar-refractivity contribution in [1.82, 2.24) is 19.8 Å². The van der Waals surface area contributed by atoms with E-state index in [2.05, 4.69) is 20.6 Å². The van der Waals surface area contributed by atoms with Crippen molar-refractivity contribution in [2.45, 2.75) is 19.0 Å². The fraction of sp³-hybridized carbons (Fsp3) is 0.174. The number of benzene rings is 2. The summed E-state index contributed by atoms with van der Waals surface area (Å²) >= 11 is 1.25. The molecule has 0 unspecified atom stereocenters. The predicted molar refractivity (Wildman–Crippen MR) is 123 cm³/mol. The minimum atomic E-state index is -0.190. The molecular formula is C23H21N5O3S. The van der Waals surface area contributed by atoms with Gasteiger partial charge in [0.15, 0.2) is 11.4 Å². The standard InChI is InChI=1S/C23H21N5O3S/c1-3-31-19-10-6-17(7-11-19)20-12-13-21-25-26-23(28(21)27-20)32-14-22(30)24-18-8-4-16(5-9-18)15(2)29/h4-13H,3,14H2,1-2H3,(H,24,30). The Kier molecular flexibility index (Phi) is 6.46. The van der Waals surface area contributed by atoms with E-state index in [1.165, 1.54) is 18.7 Å². The highest BCUT2D eigenvalue weighted by molar-refractivity contribution is 7.99. The number of ketones is 1. The van der Waals surface area contributed by atoms with Crippen LogP contribution < -0.4 is 10.1 Å². The van der Waals surface area contributed by atoms with Gasteiger partial charge in [0.25, 0.3) is 0 Å². The summed E-state index contributed by atoms with van der Waals surface area (Å²) in [6.07, 6.45) is 0. The highest BCUT2D eigenvalue weighted by Crippen LogP contribution is 2.23. The van der Waals surface area contributed by atoms with Crippen molar-refractivity contribution in [3.05, 3.63) is 66.2 Å². The quantitative estimate of drug-likeness (QED) is 0.320. The van der Waals surface area contributed by atoms with Crippen LogP contribution in [0, 0.1) is 0 Å². The van der Waals surface area contributed by atoms with Gasteiger partial charge in [0.05, 0.1) is 18.1 Å². The van der Waals surface area contributed by atoms with Crippen LogP contribution in [0.25, 0.3) is 16.9 Å². The Labute approximate surface area is 189 Å². The minimum absolute atomic E-state index is 0.0192. The molecule has 0 aliphatic heterocycles. The maximum Gasteiger partial charge on any atom is 0.234 e. The maximum absolute atomic E-state index is 12.3. The molecule has 4 aromatic rings. The molecule has 0 spiro atoms. The first-order chi connectivity index (χ1) is 15.5. The average Bonchev–Trinajstić information content (AvgIpc) is 3.21. The molecule has 0 atom stereocenters. The van der Waals surface area contributed by atoms with E-state index in [9.17, 15) is 9.59 Å². The molecular weight excluding hydrogens is 426 g/mol. The number of amides is 1. The summed E-state index contributed by atoms with van der Waals surface area (Å²) in [5.74, 6) is 0.739. The van der Waals surface area contributed by atoms with E-state index in [0.717, 1.165) is 17.0 Å². The Morgan fingerprint density at radius 1 is 1.00 bits per heavy atom. The van der Waals surface area contributed by atoms with E-state index >= 15 is 0 Å². The molecule has 8 nitrogen and oxygen atoms in total. The number of fused-ring (bicyclic) bond motifs is 1. The second-order valence-corrected chi connectivity index (χ2v) is 7.84. The van der Waals surface area contributed by atoms with Crippen LogP contribution in [0.5, 0.6) is 5.75 Å². The molecule has 2 aromatic heterocycles. The number of hydrogen-bond acceptors (Lipinski definition) is 7. The van der Waals surface area contributed by atoms with Crippen LogP contribution in [0.4, 0.5) is 5.69 Å². The summed E-state index contributed by atoms with van der Waals surface area (Å²) in [5, 5.41) is 16.2. The molecule has 0 fully saturated rings. The largest absolute Gasteiger partial charge is 0.494 e. The van der Waals surface area contributed by atoms with Gasteiger partial charge in [-0.15, -0.1) is 10.2 Å². The third kappa shape index (κ3) is 4.94. The van der Waals surface area contributed by atoms with E-state index in [-0.39, 0.29) is 17.4 Å². The molecule has 0 aliphatic carbocycles. The van der Waals surface area contributed by atoms with Crippen LogP contribution in [0.15, 0.2) is 65.8 Å². The molecule has 0 radical (unpaired) electrons. The molecule has 0 aliphatic rings. The zero-order valence-corrected chi connectivity index (χ0v) is 18.4. The van der Waals surface area contributed by atoms with E-state index in [1.54, 1.807) is 28.8 Å². The van der Waals surface area contributed by atoms with Crippen molar-refractivity contribution in [1.29, 1.82) is 0 Å². The predicted octanol–water partition coefficient (Wildman–Crippen LogP) is 4.12. The van der Waals surface area contributed by atoms with E-state index in [0.29, 0.717) is 28.7 Å². The highest BCUT2D eigenvalue weighted by Gasteiger charge is 2.12. The fourth-order valence-corrected chi connectivity index (χ4v) is 3.70. The number of ether oxygens (including phenoxy) is 1. The Hall–Kier alpha value is -3.72. The molecule has 9 heteroatoms. The number of aromatic nitrogens is 4. The van der Waals surface area contributed by atoms with Crippen LogP contribution in [0.3, 0.4) is 0 Å². The van der Waals surface area contributed by atoms with Gasteiger partial charge in [-0.1, -0.05) is 11.8 Å². The lowest BCUT2D eigenvalue weighted by Gasteiger charge is -2.06. The summed E-state index contributed by atoms with van der Waals surface area (Å²) in [7, 11) is 0. The molecule has 0 saturated carbocycles. The van der Waals surface area contributed by atoms with Gasteiger partial charge in [0, 0.05) is 16.8 Å². The highest BCUT2D eigenvalue weighted by atomic mass is 32.2. The average molecular weight is 448 g/mol. The zero-order valence-electron chi connectivity index (χ0n) is 17.6. The zero-order chi connectivity index (χ0) is 22.5. The number of hydrogen-bond donors (Lipinski definition) is 1. The van der Waals surface area contributed by atoms with Crippen LogP contribution in [-0.4, -0.2) is 43.9 Å². The number of carbonyl (C=O) groups is 2. The summed E-state index contributed by atoms with van der Waals surface area (Å²) in [6, 6.07) is 18.2. The number of thioether (sulfide) groups is 1. The fourth-order valence-electron chi connectivity index (χ4n) is 3.02. The van der Waals surface area contributed by atoms with Gasteiger partial charge in [-0.2, -0.15) is 9.61 Å². The first kappa shape index (κ1) is 21.5. The van der Waals surface area contributed by atoms with Crippen molar-refractivity contribution in [2.75, 3.05) is 17.7 Å². The SMILES string of the molecule is CCOc1ccc(-c2ccc3nnc(SCC(=O)Nc4ccc(C(C)=O)cc4)n3n2)cc1. The normalized spacial score (nSPS) is 10.8. The van der Waals surface area contributed by atoms with E-state index in [4.69, 9.17) is 4.74 Å². The second kappa shape index (κ2) is 9.61. The van der Waals surface area contributed by atoms with Crippen molar-refractivity contribution in [2.24, 2.45) is 0 Å². The van der Waals surface area contributed by atoms with Gasteiger partial charge in [-0.05, 0) is 74.5 Å². The van der Waals surface area contributed by atoms with E-state index < -0.39 is 0 Å². The Morgan fingerprint density at radius 2 is 1.75 bits per heavy atom. The van der Waals surface area contributed by atoms with Crippen molar-refractivity contribution in [3.8, 4) is 17.0 Å². The third-order valence-electron chi connectivity index (χ3n) is 4.60. The number of carbonyl (C=O) groups excluding carboxylic acids is 2. The molecule has 0 saturated heterocycles. The number of Topliss-reactive ketones (excluding diaryl/α,β-unsaturated/α-hetero) is 1. The molecule has 1 amide bonds. The Morgan fingerprint density at radius 3 is 2.44 bits per heavy atom. The first-order valence-electron chi connectivity index (χ1n) is 10.0. The van der Waals surface area contributed by atoms with Gasteiger partial charge in [0.2, 0.25) is 11.1 Å². The molecule has 32 heavy (non-hydrogen) atoms. The molecule has 2 heterocycles. The lowest BCUT2D eigenvalue weighted by molar-refractivity contribution is -0.113. The monoisotopic (exact) mass is 447 g/mol. The van der Waals surface area contributed by atoms with Crippen LogP contribution in [0.1, 0.15) is 24.2 Å². The first-order valence-corrected chi connectivity index (χ1v) is 11.0. The topological polar surface area (TPSA) is 98.5 Å². The summed E-state index contributed by atoms with van der Waals surface area (Å²) in [5.41, 5.74) is 3.52. The van der Waals surface area contributed by atoms with Crippen molar-refractivity contribution in [3.63, 3.8) is 0 Å². The number of nitrogens with one attached hydrogen (secondary N) is 1. The van der Waals surface area contributed by atoms with Gasteiger partial charge in [-0.3, -0.25) is 9.59 Å². The van der Waals surface area contributed by atoms with E-state index in [1.807, 2.05) is 43.3 Å². The minimum Gasteiger partial charge on any atom is -0.494 e. The summed E-state index contributed by atoms with van der Waals surface area (Å²) < 4.78 is 7.12. The number of nitrogens with zero attached hydrogens (tertiary/aromatic N) is 4. The lowest BCUT2D eigenvalue weighted by atomic mass is 10.1. The number of rotatable bonds is 8. The van der Waals surface area contributed by atoms with Crippen LogP contribution in [0.2, 0.25) is 0 Å². The van der Waals surface area contributed by atoms with Gasteiger partial charge < -0.3 is 10.1 Å². The molecule has 162 valence electrons. The second-order valence-electron chi connectivity index (χ2n) is 6.90. The smallest absolute Gasteiger partial charge is 0.234 e. The maximum atomic E-state index is 12.3. The summed E-state index contributed by atoms with van der Waals surface area (Å²) in [4.78, 5) is 23.7. The molecule has 1 N–H and O–H groups in total. The third-order valence-corrected chi connectivity index (χ3v) is 5.52. The molecule has 2 aromatic carbocycles. The van der Waals surface area contributed by atoms with Gasteiger partial charge in [-0.25, -0.2) is 0 Å².